The molecular formula is C21H38. The number of benzene rings is 1. The third-order valence-corrected chi connectivity index (χ3v) is 3.92. The zero-order valence-corrected chi connectivity index (χ0v) is 15.0. The molecule has 0 amide bonds. The smallest absolute Gasteiger partial charge is 0.0219 e. The SMILES string of the molecule is CC(C)c1ccccc1.CCCCCCCCCCCC. The van der Waals surface area contributed by atoms with Gasteiger partial charge in [0.25, 0.3) is 0 Å². The average molecular weight is 291 g/mol. The Bertz CT molecular complexity index is 276. The van der Waals surface area contributed by atoms with Gasteiger partial charge in [0, 0.05) is 0 Å². The van der Waals surface area contributed by atoms with E-state index in [-0.39, 0.29) is 0 Å². The van der Waals surface area contributed by atoms with Gasteiger partial charge in [-0.1, -0.05) is 122 Å². The second-order valence-electron chi connectivity index (χ2n) is 6.39. The van der Waals surface area contributed by atoms with E-state index in [4.69, 9.17) is 0 Å². The summed E-state index contributed by atoms with van der Waals surface area (Å²) < 4.78 is 0. The molecule has 0 radical (unpaired) electrons. The Morgan fingerprint density at radius 2 is 1.00 bits per heavy atom. The first-order valence-corrected chi connectivity index (χ1v) is 9.27. The second kappa shape index (κ2) is 15.6. The first-order chi connectivity index (χ1) is 10.2. The Morgan fingerprint density at radius 3 is 1.29 bits per heavy atom. The van der Waals surface area contributed by atoms with Crippen LogP contribution < -0.4 is 0 Å². The van der Waals surface area contributed by atoms with Crippen LogP contribution in [0, 0.1) is 0 Å². The first kappa shape index (κ1) is 20.2. The van der Waals surface area contributed by atoms with Crippen LogP contribution in [0.1, 0.15) is 103 Å². The monoisotopic (exact) mass is 290 g/mol. The minimum atomic E-state index is 0.659. The Morgan fingerprint density at radius 1 is 0.619 bits per heavy atom. The highest BCUT2D eigenvalue weighted by Gasteiger charge is 1.93. The van der Waals surface area contributed by atoms with Gasteiger partial charge in [0.1, 0.15) is 0 Å². The summed E-state index contributed by atoms with van der Waals surface area (Å²) in [6.07, 6.45) is 14.4. The Kier molecular flexibility index (Phi) is 15.0. The Balaban J connectivity index is 0.000000394. The quantitative estimate of drug-likeness (QED) is 0.386. The largest absolute Gasteiger partial charge is 0.0654 e. The number of hydrogen-bond acceptors (Lipinski definition) is 0. The molecule has 0 saturated heterocycles. The minimum absolute atomic E-state index is 0.659. The van der Waals surface area contributed by atoms with Gasteiger partial charge in [-0.2, -0.15) is 0 Å². The molecule has 0 unspecified atom stereocenters. The van der Waals surface area contributed by atoms with E-state index in [9.17, 15) is 0 Å². The molecule has 1 aromatic rings. The van der Waals surface area contributed by atoms with Crippen molar-refractivity contribution in [2.24, 2.45) is 0 Å². The van der Waals surface area contributed by atoms with Crippen molar-refractivity contribution in [1.29, 1.82) is 0 Å². The summed E-state index contributed by atoms with van der Waals surface area (Å²) in [5.74, 6) is 0.659. The molecule has 0 aliphatic rings. The molecule has 21 heavy (non-hydrogen) atoms. The molecule has 122 valence electrons. The van der Waals surface area contributed by atoms with Crippen LogP contribution >= 0.6 is 0 Å². The normalized spacial score (nSPS) is 10.3. The van der Waals surface area contributed by atoms with Crippen LogP contribution in [0.25, 0.3) is 0 Å². The van der Waals surface area contributed by atoms with E-state index in [0.29, 0.717) is 5.92 Å². The third kappa shape index (κ3) is 13.9. The molecule has 0 spiro atoms. The van der Waals surface area contributed by atoms with Crippen LogP contribution in [-0.2, 0) is 0 Å². The molecule has 0 saturated carbocycles. The van der Waals surface area contributed by atoms with Crippen molar-refractivity contribution in [3.8, 4) is 0 Å². The fourth-order valence-corrected chi connectivity index (χ4v) is 2.40. The van der Waals surface area contributed by atoms with Crippen molar-refractivity contribution < 1.29 is 0 Å². The lowest BCUT2D eigenvalue weighted by Crippen LogP contribution is -1.83. The molecule has 0 aliphatic carbocycles. The summed E-state index contributed by atoms with van der Waals surface area (Å²) in [5.41, 5.74) is 1.41. The zero-order chi connectivity index (χ0) is 15.8. The predicted molar refractivity (Wildman–Crippen MR) is 98.0 cm³/mol. The maximum Gasteiger partial charge on any atom is -0.0219 e. The molecular weight excluding hydrogens is 252 g/mol. The highest BCUT2D eigenvalue weighted by molar-refractivity contribution is 5.17. The van der Waals surface area contributed by atoms with Gasteiger partial charge in [-0.3, -0.25) is 0 Å². The summed E-state index contributed by atoms with van der Waals surface area (Å²) in [7, 11) is 0. The lowest BCUT2D eigenvalue weighted by Gasteiger charge is -2.01. The summed E-state index contributed by atoms with van der Waals surface area (Å²) in [6, 6.07) is 10.5. The molecule has 0 heterocycles. The fraction of sp³-hybridized carbons (Fsp3) is 0.714. The Hall–Kier alpha value is -0.780. The van der Waals surface area contributed by atoms with E-state index < -0.39 is 0 Å². The molecule has 1 rings (SSSR count). The van der Waals surface area contributed by atoms with E-state index >= 15 is 0 Å². The van der Waals surface area contributed by atoms with E-state index in [2.05, 4.69) is 52.0 Å². The second-order valence-corrected chi connectivity index (χ2v) is 6.39. The molecule has 0 atom stereocenters. The van der Waals surface area contributed by atoms with Crippen molar-refractivity contribution in [3.05, 3.63) is 35.9 Å². The molecule has 0 aliphatic heterocycles. The third-order valence-electron chi connectivity index (χ3n) is 3.92. The zero-order valence-electron chi connectivity index (χ0n) is 15.0. The highest BCUT2D eigenvalue weighted by Crippen LogP contribution is 2.12. The summed E-state index contributed by atoms with van der Waals surface area (Å²) in [4.78, 5) is 0. The van der Waals surface area contributed by atoms with Crippen LogP contribution in [0.3, 0.4) is 0 Å². The molecule has 0 nitrogen and oxygen atoms in total. The van der Waals surface area contributed by atoms with Crippen LogP contribution in [0.5, 0.6) is 0 Å². The molecule has 0 aromatic heterocycles. The van der Waals surface area contributed by atoms with E-state index in [1.807, 2.05) is 6.07 Å². The maximum absolute atomic E-state index is 2.28. The van der Waals surface area contributed by atoms with Crippen LogP contribution in [-0.4, -0.2) is 0 Å². The van der Waals surface area contributed by atoms with Crippen LogP contribution in [0.2, 0.25) is 0 Å². The van der Waals surface area contributed by atoms with E-state index in [0.717, 1.165) is 0 Å². The number of rotatable bonds is 10. The van der Waals surface area contributed by atoms with E-state index in [1.54, 1.807) is 0 Å². The van der Waals surface area contributed by atoms with Gasteiger partial charge in [0.05, 0.1) is 0 Å². The fourth-order valence-electron chi connectivity index (χ4n) is 2.40. The van der Waals surface area contributed by atoms with Gasteiger partial charge >= 0.3 is 0 Å². The molecule has 0 fully saturated rings. The first-order valence-electron chi connectivity index (χ1n) is 9.27. The summed E-state index contributed by atoms with van der Waals surface area (Å²) in [5, 5.41) is 0. The van der Waals surface area contributed by atoms with Gasteiger partial charge in [0.2, 0.25) is 0 Å². The maximum atomic E-state index is 2.28. The summed E-state index contributed by atoms with van der Waals surface area (Å²) in [6.45, 7) is 8.97. The topological polar surface area (TPSA) is 0 Å². The number of hydrogen-bond donors (Lipinski definition) is 0. The molecule has 1 aromatic carbocycles. The molecule has 0 bridgehead atoms. The van der Waals surface area contributed by atoms with Crippen LogP contribution in [0.4, 0.5) is 0 Å². The van der Waals surface area contributed by atoms with Gasteiger partial charge in [-0.25, -0.2) is 0 Å². The van der Waals surface area contributed by atoms with Crippen molar-refractivity contribution in [2.45, 2.75) is 97.8 Å². The average Bonchev–Trinajstić information content (AvgIpc) is 2.51. The standard InChI is InChI=1S/C12H26.C9H12/c1-3-5-7-9-11-12-10-8-6-4-2;1-8(2)9-6-4-3-5-7-9/h3-12H2,1-2H3;3-8H,1-2H3. The molecule has 0 heteroatoms. The van der Waals surface area contributed by atoms with Gasteiger partial charge in [0.15, 0.2) is 0 Å². The van der Waals surface area contributed by atoms with E-state index in [1.165, 1.54) is 69.8 Å². The van der Waals surface area contributed by atoms with Gasteiger partial charge in [-0.05, 0) is 11.5 Å². The lowest BCUT2D eigenvalue weighted by molar-refractivity contribution is 0.562. The van der Waals surface area contributed by atoms with Crippen molar-refractivity contribution in [3.63, 3.8) is 0 Å². The number of unbranched alkanes of at least 4 members (excludes halogenated alkanes) is 9. The molecule has 0 N–H and O–H groups in total. The summed E-state index contributed by atoms with van der Waals surface area (Å²) >= 11 is 0. The van der Waals surface area contributed by atoms with Gasteiger partial charge < -0.3 is 0 Å². The van der Waals surface area contributed by atoms with Gasteiger partial charge in [-0.15, -0.1) is 0 Å². The van der Waals surface area contributed by atoms with Crippen LogP contribution in [0.15, 0.2) is 30.3 Å². The van der Waals surface area contributed by atoms with Crippen molar-refractivity contribution in [2.75, 3.05) is 0 Å². The van der Waals surface area contributed by atoms with Crippen molar-refractivity contribution in [1.82, 2.24) is 0 Å². The Labute approximate surface area is 134 Å². The highest BCUT2D eigenvalue weighted by atomic mass is 14.0. The minimum Gasteiger partial charge on any atom is -0.0654 e. The van der Waals surface area contributed by atoms with Crippen molar-refractivity contribution >= 4 is 0 Å². The lowest BCUT2D eigenvalue weighted by atomic mass is 10.0. The predicted octanol–water partition coefficient (Wildman–Crippen LogP) is 7.74.